The fourth-order valence-corrected chi connectivity index (χ4v) is 5.11. The molecule has 7 nitrogen and oxygen atoms in total. The number of nitrogens with zero attached hydrogens (tertiary/aromatic N) is 2. The molecule has 4 rings (SSSR count). The van der Waals surface area contributed by atoms with Gasteiger partial charge in [-0.15, -0.1) is 0 Å². The number of thiophene rings is 1. The molecule has 1 N–H and O–H groups in total. The highest BCUT2D eigenvalue weighted by molar-refractivity contribution is 7.89. The van der Waals surface area contributed by atoms with Crippen LogP contribution in [0.15, 0.2) is 73.5 Å². The Labute approximate surface area is 171 Å². The third-order valence-electron chi connectivity index (χ3n) is 4.63. The van der Waals surface area contributed by atoms with Gasteiger partial charge in [0.15, 0.2) is 5.58 Å². The second-order valence-corrected chi connectivity index (χ2v) is 9.00. The minimum atomic E-state index is -3.87. The summed E-state index contributed by atoms with van der Waals surface area (Å²) in [6.45, 7) is 2.27. The maximum atomic E-state index is 13.1. The van der Waals surface area contributed by atoms with E-state index in [0.717, 1.165) is 5.56 Å². The molecule has 0 saturated heterocycles. The van der Waals surface area contributed by atoms with E-state index in [9.17, 15) is 13.2 Å². The Bertz CT molecular complexity index is 1280. The number of aryl methyl sites for hydroxylation is 1. The number of hydrogen-bond donors (Lipinski definition) is 1. The summed E-state index contributed by atoms with van der Waals surface area (Å²) in [7, 11) is -3.87. The molecular formula is C20H19N3O4S2. The molecule has 0 bridgehead atoms. The van der Waals surface area contributed by atoms with Crippen molar-refractivity contribution in [2.24, 2.45) is 0 Å². The number of fused-ring (bicyclic) bond motifs is 1. The fourth-order valence-electron chi connectivity index (χ4n) is 3.20. The Morgan fingerprint density at radius 3 is 2.79 bits per heavy atom. The van der Waals surface area contributed by atoms with Gasteiger partial charge in [0.1, 0.15) is 0 Å². The lowest BCUT2D eigenvalue weighted by Gasteiger charge is -2.18. The van der Waals surface area contributed by atoms with Crippen LogP contribution in [0.3, 0.4) is 0 Å². The monoisotopic (exact) mass is 429 g/mol. The molecule has 150 valence electrons. The molecule has 1 atom stereocenters. The minimum absolute atomic E-state index is 0.0354. The van der Waals surface area contributed by atoms with Crippen molar-refractivity contribution in [3.63, 3.8) is 0 Å². The lowest BCUT2D eigenvalue weighted by molar-refractivity contribution is 0.512. The number of nitrogens with one attached hydrogen (secondary N) is 1. The normalized spacial score (nSPS) is 13.0. The van der Waals surface area contributed by atoms with Crippen LogP contribution >= 0.6 is 11.3 Å². The highest BCUT2D eigenvalue weighted by atomic mass is 32.2. The van der Waals surface area contributed by atoms with Crippen LogP contribution in [0.25, 0.3) is 11.1 Å². The van der Waals surface area contributed by atoms with E-state index in [-0.39, 0.29) is 10.5 Å². The van der Waals surface area contributed by atoms with Gasteiger partial charge in [-0.2, -0.15) is 11.3 Å². The van der Waals surface area contributed by atoms with Gasteiger partial charge in [0.25, 0.3) is 0 Å². The molecule has 1 unspecified atom stereocenters. The van der Waals surface area contributed by atoms with E-state index in [4.69, 9.17) is 4.42 Å². The molecule has 29 heavy (non-hydrogen) atoms. The van der Waals surface area contributed by atoms with Crippen LogP contribution in [0.4, 0.5) is 0 Å². The maximum absolute atomic E-state index is 13.1. The zero-order valence-electron chi connectivity index (χ0n) is 15.6. The first-order valence-electron chi connectivity index (χ1n) is 9.05. The van der Waals surface area contributed by atoms with Crippen LogP contribution in [0, 0.1) is 0 Å². The molecule has 0 aliphatic heterocycles. The summed E-state index contributed by atoms with van der Waals surface area (Å²) in [6.07, 6.45) is 2.11. The molecule has 0 amide bonds. The Balaban J connectivity index is 1.69. The van der Waals surface area contributed by atoms with Gasteiger partial charge in [-0.1, -0.05) is 6.07 Å². The Hall–Kier alpha value is -2.75. The average Bonchev–Trinajstić information content (AvgIpc) is 3.33. The largest absolute Gasteiger partial charge is 0.419 e. The van der Waals surface area contributed by atoms with E-state index in [0.29, 0.717) is 24.2 Å². The van der Waals surface area contributed by atoms with Gasteiger partial charge in [-0.25, -0.2) is 17.9 Å². The topological polar surface area (TPSA) is 94.2 Å². The average molecular weight is 430 g/mol. The summed E-state index contributed by atoms with van der Waals surface area (Å²) in [5.74, 6) is -0.506. The van der Waals surface area contributed by atoms with Gasteiger partial charge in [-0.05, 0) is 60.0 Å². The van der Waals surface area contributed by atoms with Crippen molar-refractivity contribution in [1.82, 2.24) is 14.3 Å². The molecule has 0 saturated carbocycles. The van der Waals surface area contributed by atoms with E-state index in [1.165, 1.54) is 16.7 Å². The van der Waals surface area contributed by atoms with Crippen molar-refractivity contribution in [1.29, 1.82) is 0 Å². The fraction of sp³-hybridized carbons (Fsp3) is 0.200. The van der Waals surface area contributed by atoms with Crippen LogP contribution in [0.5, 0.6) is 0 Å². The minimum Gasteiger partial charge on any atom is -0.408 e. The van der Waals surface area contributed by atoms with Gasteiger partial charge < -0.3 is 4.42 Å². The molecule has 0 aliphatic carbocycles. The Morgan fingerprint density at radius 1 is 1.24 bits per heavy atom. The predicted molar refractivity (Wildman–Crippen MR) is 111 cm³/mol. The standard InChI is InChI=1S/C20H19N3O4S2/c1-2-23-18-7-6-15(12-19(18)27-20(23)24)29(25,26)22-17(11-14-8-10-28-13-14)16-5-3-4-9-21-16/h3-10,12-13,17,22H,2,11H2,1H3. The smallest absolute Gasteiger partial charge is 0.408 e. The Morgan fingerprint density at radius 2 is 2.10 bits per heavy atom. The van der Waals surface area contributed by atoms with Gasteiger partial charge in [-0.3, -0.25) is 9.55 Å². The van der Waals surface area contributed by atoms with Crippen LogP contribution in [0.2, 0.25) is 0 Å². The highest BCUT2D eigenvalue weighted by Gasteiger charge is 2.24. The molecule has 3 aromatic heterocycles. The van der Waals surface area contributed by atoms with E-state index >= 15 is 0 Å². The van der Waals surface area contributed by atoms with E-state index in [2.05, 4.69) is 9.71 Å². The zero-order chi connectivity index (χ0) is 20.4. The quantitative estimate of drug-likeness (QED) is 0.486. The van der Waals surface area contributed by atoms with Gasteiger partial charge in [0, 0.05) is 18.8 Å². The van der Waals surface area contributed by atoms with Crippen LogP contribution in [-0.2, 0) is 23.0 Å². The predicted octanol–water partition coefficient (Wildman–Crippen LogP) is 3.33. The number of pyridine rings is 1. The second-order valence-electron chi connectivity index (χ2n) is 6.51. The maximum Gasteiger partial charge on any atom is 0.419 e. The molecule has 4 aromatic rings. The molecule has 9 heteroatoms. The molecule has 0 fully saturated rings. The third-order valence-corrected chi connectivity index (χ3v) is 6.83. The molecule has 0 aliphatic rings. The van der Waals surface area contributed by atoms with Gasteiger partial charge >= 0.3 is 5.76 Å². The molecule has 3 heterocycles. The second kappa shape index (κ2) is 7.94. The summed E-state index contributed by atoms with van der Waals surface area (Å²) in [5.41, 5.74) is 2.46. The van der Waals surface area contributed by atoms with Crippen LogP contribution < -0.4 is 10.5 Å². The number of aromatic nitrogens is 2. The van der Waals surface area contributed by atoms with E-state index in [1.54, 1.807) is 35.7 Å². The number of sulfonamides is 1. The third kappa shape index (κ3) is 4.02. The summed E-state index contributed by atoms with van der Waals surface area (Å²) < 4.78 is 35.6. The first-order chi connectivity index (χ1) is 14.0. The summed E-state index contributed by atoms with van der Waals surface area (Å²) in [5, 5.41) is 3.94. The SMILES string of the molecule is CCn1c(=O)oc2cc(S(=O)(=O)NC(Cc3ccsc3)c3ccccn3)ccc21. The Kier molecular flexibility index (Phi) is 5.35. The van der Waals surface area contributed by atoms with Gasteiger partial charge in [0.2, 0.25) is 10.0 Å². The zero-order valence-corrected chi connectivity index (χ0v) is 17.2. The molecule has 0 radical (unpaired) electrons. The molecule has 1 aromatic carbocycles. The van der Waals surface area contributed by atoms with Crippen molar-refractivity contribution in [3.8, 4) is 0 Å². The number of hydrogen-bond acceptors (Lipinski definition) is 6. The first kappa shape index (κ1) is 19.6. The molecule has 0 spiro atoms. The van der Waals surface area contributed by atoms with Crippen molar-refractivity contribution in [2.75, 3.05) is 0 Å². The number of rotatable bonds is 7. The number of oxazole rings is 1. The van der Waals surface area contributed by atoms with Crippen LogP contribution in [0.1, 0.15) is 24.2 Å². The van der Waals surface area contributed by atoms with Crippen molar-refractivity contribution >= 4 is 32.5 Å². The van der Waals surface area contributed by atoms with Crippen LogP contribution in [-0.4, -0.2) is 18.0 Å². The van der Waals surface area contributed by atoms with Crippen molar-refractivity contribution in [3.05, 3.63) is 81.2 Å². The van der Waals surface area contributed by atoms with E-state index in [1.807, 2.05) is 29.8 Å². The lowest BCUT2D eigenvalue weighted by atomic mass is 10.1. The van der Waals surface area contributed by atoms with Gasteiger partial charge in [0.05, 0.1) is 22.1 Å². The highest BCUT2D eigenvalue weighted by Crippen LogP contribution is 2.23. The van der Waals surface area contributed by atoms with E-state index < -0.39 is 21.8 Å². The van der Waals surface area contributed by atoms with Crippen molar-refractivity contribution in [2.45, 2.75) is 30.8 Å². The number of benzene rings is 1. The summed E-state index contributed by atoms with van der Waals surface area (Å²) in [6, 6.07) is 11.3. The molecular weight excluding hydrogens is 410 g/mol. The first-order valence-corrected chi connectivity index (χ1v) is 11.5. The van der Waals surface area contributed by atoms with Crippen molar-refractivity contribution < 1.29 is 12.8 Å². The summed E-state index contributed by atoms with van der Waals surface area (Å²) >= 11 is 1.56. The summed E-state index contributed by atoms with van der Waals surface area (Å²) in [4.78, 5) is 16.3. The lowest BCUT2D eigenvalue weighted by Crippen LogP contribution is -2.30.